The van der Waals surface area contributed by atoms with E-state index in [2.05, 4.69) is 5.32 Å². The van der Waals surface area contributed by atoms with Crippen molar-refractivity contribution in [3.63, 3.8) is 0 Å². The number of hydrogen-bond acceptors (Lipinski definition) is 4. The van der Waals surface area contributed by atoms with E-state index in [1.165, 1.54) is 13.5 Å². The van der Waals surface area contributed by atoms with E-state index in [0.29, 0.717) is 0 Å². The molecule has 5 heteroatoms. The molecule has 1 aliphatic carbocycles. The fourth-order valence-corrected chi connectivity index (χ4v) is 2.16. The van der Waals surface area contributed by atoms with Crippen LogP contribution in [0, 0.1) is 0 Å². The second-order valence-electron chi connectivity index (χ2n) is 4.55. The molecule has 1 unspecified atom stereocenters. The molecule has 1 saturated carbocycles. The first kappa shape index (κ1) is 13.4. The third-order valence-corrected chi connectivity index (χ3v) is 3.18. The van der Waals surface area contributed by atoms with Gasteiger partial charge in [0.15, 0.2) is 0 Å². The van der Waals surface area contributed by atoms with Crippen LogP contribution in [0.1, 0.15) is 32.1 Å². The molecular weight excluding hydrogens is 208 g/mol. The minimum Gasteiger partial charge on any atom is -0.394 e. The number of rotatable bonds is 5. The molecule has 1 fully saturated rings. The predicted octanol–water partition coefficient (Wildman–Crippen LogP) is -0.228. The van der Waals surface area contributed by atoms with E-state index < -0.39 is 11.6 Å². The van der Waals surface area contributed by atoms with Gasteiger partial charge in [-0.05, 0) is 12.8 Å². The van der Waals surface area contributed by atoms with E-state index in [-0.39, 0.29) is 19.1 Å². The molecule has 94 valence electrons. The molecule has 0 bridgehead atoms. The van der Waals surface area contributed by atoms with Gasteiger partial charge in [-0.1, -0.05) is 19.3 Å². The van der Waals surface area contributed by atoms with Crippen LogP contribution in [0.2, 0.25) is 0 Å². The van der Waals surface area contributed by atoms with Crippen molar-refractivity contribution in [1.82, 2.24) is 5.32 Å². The van der Waals surface area contributed by atoms with E-state index in [4.69, 9.17) is 10.5 Å². The number of aliphatic hydroxyl groups excluding tert-OH is 1. The molecule has 5 nitrogen and oxygen atoms in total. The Morgan fingerprint density at radius 3 is 2.62 bits per heavy atom. The maximum absolute atomic E-state index is 11.7. The summed E-state index contributed by atoms with van der Waals surface area (Å²) in [6, 6.07) is -0.657. The number of methoxy groups -OCH3 is 1. The second-order valence-corrected chi connectivity index (χ2v) is 4.55. The summed E-state index contributed by atoms with van der Waals surface area (Å²) >= 11 is 0. The minimum absolute atomic E-state index is 0.0154. The van der Waals surface area contributed by atoms with Gasteiger partial charge in [-0.15, -0.1) is 0 Å². The molecule has 1 aliphatic rings. The lowest BCUT2D eigenvalue weighted by atomic mass is 9.82. The second kappa shape index (κ2) is 6.18. The Hall–Kier alpha value is -0.650. The molecule has 1 rings (SSSR count). The van der Waals surface area contributed by atoms with Gasteiger partial charge in [0.1, 0.15) is 6.04 Å². The Balaban J connectivity index is 2.51. The third kappa shape index (κ3) is 3.43. The van der Waals surface area contributed by atoms with Crippen molar-refractivity contribution in [2.75, 3.05) is 20.3 Å². The zero-order valence-corrected chi connectivity index (χ0v) is 9.87. The topological polar surface area (TPSA) is 84.6 Å². The van der Waals surface area contributed by atoms with Crippen LogP contribution in [0.15, 0.2) is 0 Å². The number of aliphatic hydroxyl groups is 1. The fraction of sp³-hybridized carbons (Fsp3) is 0.909. The summed E-state index contributed by atoms with van der Waals surface area (Å²) in [6.07, 6.45) is 4.91. The van der Waals surface area contributed by atoms with Crippen molar-refractivity contribution < 1.29 is 14.6 Å². The van der Waals surface area contributed by atoms with Gasteiger partial charge in [0.25, 0.3) is 0 Å². The van der Waals surface area contributed by atoms with Crippen molar-refractivity contribution >= 4 is 5.91 Å². The smallest absolute Gasteiger partial charge is 0.239 e. The third-order valence-electron chi connectivity index (χ3n) is 3.18. The number of nitrogens with one attached hydrogen (secondary N) is 1. The monoisotopic (exact) mass is 230 g/mol. The molecule has 4 N–H and O–H groups in total. The molecular formula is C11H22N2O3. The Kier molecular flexibility index (Phi) is 5.18. The zero-order valence-electron chi connectivity index (χ0n) is 9.87. The highest BCUT2D eigenvalue weighted by molar-refractivity contribution is 5.82. The number of amides is 1. The summed E-state index contributed by atoms with van der Waals surface area (Å²) in [4.78, 5) is 11.7. The Morgan fingerprint density at radius 1 is 1.50 bits per heavy atom. The average molecular weight is 230 g/mol. The highest BCUT2D eigenvalue weighted by Crippen LogP contribution is 2.27. The average Bonchev–Trinajstić information content (AvgIpc) is 2.30. The highest BCUT2D eigenvalue weighted by Gasteiger charge is 2.33. The molecule has 0 spiro atoms. The quantitative estimate of drug-likeness (QED) is 0.609. The molecule has 1 amide bonds. The summed E-state index contributed by atoms with van der Waals surface area (Å²) in [5.41, 5.74) is 5.18. The van der Waals surface area contributed by atoms with Crippen LogP contribution in [-0.2, 0) is 9.53 Å². The van der Waals surface area contributed by atoms with E-state index in [1.54, 1.807) is 0 Å². The summed E-state index contributed by atoms with van der Waals surface area (Å²) in [6.45, 7) is 0.186. The molecule has 1 atom stereocenters. The highest BCUT2D eigenvalue weighted by atomic mass is 16.5. The molecule has 16 heavy (non-hydrogen) atoms. The molecule has 0 heterocycles. The number of ether oxygens (including phenoxy) is 1. The zero-order chi connectivity index (χ0) is 12.0. The molecule has 0 saturated heterocycles. The van der Waals surface area contributed by atoms with Gasteiger partial charge in [-0.3, -0.25) is 4.79 Å². The van der Waals surface area contributed by atoms with Crippen LogP contribution < -0.4 is 11.1 Å². The molecule has 0 aromatic rings. The standard InChI is InChI=1S/C11H22N2O3/c1-16-7-9(12)10(15)13-11(8-14)5-3-2-4-6-11/h9,14H,2-8,12H2,1H3,(H,13,15). The van der Waals surface area contributed by atoms with E-state index >= 15 is 0 Å². The van der Waals surface area contributed by atoms with Gasteiger partial charge in [0.2, 0.25) is 5.91 Å². The Morgan fingerprint density at radius 2 is 2.12 bits per heavy atom. The number of carbonyl (C=O) groups excluding carboxylic acids is 1. The largest absolute Gasteiger partial charge is 0.394 e. The number of nitrogens with two attached hydrogens (primary N) is 1. The van der Waals surface area contributed by atoms with Crippen molar-refractivity contribution in [3.05, 3.63) is 0 Å². The molecule has 0 radical (unpaired) electrons. The molecule has 0 aliphatic heterocycles. The normalized spacial score (nSPS) is 21.4. The predicted molar refractivity (Wildman–Crippen MR) is 60.9 cm³/mol. The van der Waals surface area contributed by atoms with Gasteiger partial charge in [-0.2, -0.15) is 0 Å². The lowest BCUT2D eigenvalue weighted by Crippen LogP contribution is -2.57. The number of carbonyl (C=O) groups is 1. The minimum atomic E-state index is -0.657. The van der Waals surface area contributed by atoms with Crippen LogP contribution in [-0.4, -0.2) is 42.9 Å². The van der Waals surface area contributed by atoms with Crippen molar-refractivity contribution in [1.29, 1.82) is 0 Å². The van der Waals surface area contributed by atoms with Crippen molar-refractivity contribution in [2.24, 2.45) is 5.73 Å². The van der Waals surface area contributed by atoms with Crippen LogP contribution >= 0.6 is 0 Å². The van der Waals surface area contributed by atoms with Gasteiger partial charge in [0, 0.05) is 7.11 Å². The maximum atomic E-state index is 11.7. The fourth-order valence-electron chi connectivity index (χ4n) is 2.16. The first-order valence-electron chi connectivity index (χ1n) is 5.81. The van der Waals surface area contributed by atoms with Crippen LogP contribution in [0.25, 0.3) is 0 Å². The van der Waals surface area contributed by atoms with Gasteiger partial charge in [-0.25, -0.2) is 0 Å². The molecule has 0 aromatic carbocycles. The van der Waals surface area contributed by atoms with Gasteiger partial charge < -0.3 is 20.9 Å². The van der Waals surface area contributed by atoms with E-state index in [1.807, 2.05) is 0 Å². The van der Waals surface area contributed by atoms with E-state index in [9.17, 15) is 9.90 Å². The van der Waals surface area contributed by atoms with Gasteiger partial charge >= 0.3 is 0 Å². The summed E-state index contributed by atoms with van der Waals surface area (Å²) in [5, 5.41) is 12.3. The van der Waals surface area contributed by atoms with Crippen molar-refractivity contribution in [2.45, 2.75) is 43.7 Å². The van der Waals surface area contributed by atoms with Crippen molar-refractivity contribution in [3.8, 4) is 0 Å². The number of hydrogen-bond donors (Lipinski definition) is 3. The molecule has 0 aromatic heterocycles. The first-order valence-corrected chi connectivity index (χ1v) is 5.81. The lowest BCUT2D eigenvalue weighted by Gasteiger charge is -2.37. The van der Waals surface area contributed by atoms with Crippen LogP contribution in [0.3, 0.4) is 0 Å². The van der Waals surface area contributed by atoms with E-state index in [0.717, 1.165) is 25.7 Å². The van der Waals surface area contributed by atoms with Crippen LogP contribution in [0.5, 0.6) is 0 Å². The van der Waals surface area contributed by atoms with Gasteiger partial charge in [0.05, 0.1) is 18.8 Å². The summed E-state index contributed by atoms with van der Waals surface area (Å²) in [7, 11) is 1.51. The van der Waals surface area contributed by atoms with Crippen LogP contribution in [0.4, 0.5) is 0 Å². The summed E-state index contributed by atoms with van der Waals surface area (Å²) in [5.74, 6) is -0.238. The Bertz CT molecular complexity index is 227. The maximum Gasteiger partial charge on any atom is 0.239 e. The SMILES string of the molecule is COCC(N)C(=O)NC1(CO)CCCCC1. The lowest BCUT2D eigenvalue weighted by molar-refractivity contribution is -0.126. The summed E-state index contributed by atoms with van der Waals surface area (Å²) < 4.78 is 4.83. The first-order chi connectivity index (χ1) is 7.63. The Labute approximate surface area is 96.3 Å².